The molecule has 1 N–H and O–H groups in total. The second-order valence-corrected chi connectivity index (χ2v) is 8.03. The van der Waals surface area contributed by atoms with E-state index in [1.165, 1.54) is 5.56 Å². The summed E-state index contributed by atoms with van der Waals surface area (Å²) < 4.78 is 5.40. The highest BCUT2D eigenvalue weighted by Crippen LogP contribution is 2.34. The molecule has 1 amide bonds. The van der Waals surface area contributed by atoms with Crippen LogP contribution in [0.4, 0.5) is 0 Å². The van der Waals surface area contributed by atoms with Gasteiger partial charge in [0, 0.05) is 29.7 Å². The van der Waals surface area contributed by atoms with Crippen LogP contribution in [0.25, 0.3) is 11.3 Å². The van der Waals surface area contributed by atoms with Crippen LogP contribution in [0.5, 0.6) is 5.75 Å². The molecule has 0 bridgehead atoms. The van der Waals surface area contributed by atoms with Gasteiger partial charge in [-0.05, 0) is 30.2 Å². The first-order valence-corrected chi connectivity index (χ1v) is 10.5. The van der Waals surface area contributed by atoms with Crippen LogP contribution in [0.2, 0.25) is 0 Å². The van der Waals surface area contributed by atoms with Crippen LogP contribution in [-0.4, -0.2) is 47.0 Å². The number of methoxy groups -OCH3 is 1. The molecule has 3 aromatic rings. The number of amides is 1. The zero-order valence-corrected chi connectivity index (χ0v) is 16.6. The van der Waals surface area contributed by atoms with Crippen molar-refractivity contribution in [2.45, 2.75) is 11.7 Å². The van der Waals surface area contributed by atoms with Crippen molar-refractivity contribution in [3.8, 4) is 17.0 Å². The first-order valence-electron chi connectivity index (χ1n) is 9.41. The molecule has 1 aliphatic heterocycles. The highest BCUT2D eigenvalue weighted by Gasteiger charge is 2.24. The summed E-state index contributed by atoms with van der Waals surface area (Å²) in [6.45, 7) is 1.49. The van der Waals surface area contributed by atoms with Gasteiger partial charge in [0.15, 0.2) is 0 Å². The number of hydrogen-bond donors (Lipinski definition) is 1. The standard InChI is InChI=1S/C22H23N3O2S/c1-27-20-10-6-5-9-17(20)18-15-19(24-23-18)22(26)25-12-11-21(28-14-13-25)16-7-3-2-4-8-16/h2-10,15,21H,11-14H2,1H3,(H,23,24)/t21-/m1/s1. The van der Waals surface area contributed by atoms with E-state index in [0.29, 0.717) is 16.6 Å². The van der Waals surface area contributed by atoms with E-state index < -0.39 is 0 Å². The minimum atomic E-state index is 0.00274. The summed E-state index contributed by atoms with van der Waals surface area (Å²) in [6.07, 6.45) is 0.952. The molecule has 2 aromatic carbocycles. The number of rotatable bonds is 4. The zero-order chi connectivity index (χ0) is 19.3. The molecule has 1 fully saturated rings. The third-order valence-electron chi connectivity index (χ3n) is 4.99. The SMILES string of the molecule is COc1ccccc1-c1cc(C(=O)N2CCS[C@@H](c3ccccc3)CC2)[nH]n1. The van der Waals surface area contributed by atoms with Crippen LogP contribution in [-0.2, 0) is 0 Å². The Morgan fingerprint density at radius 2 is 1.93 bits per heavy atom. The van der Waals surface area contributed by atoms with E-state index in [9.17, 15) is 4.79 Å². The fourth-order valence-electron chi connectivity index (χ4n) is 3.50. The fourth-order valence-corrected chi connectivity index (χ4v) is 4.73. The number of carbonyl (C=O) groups excluding carboxylic acids is 1. The lowest BCUT2D eigenvalue weighted by Crippen LogP contribution is -2.33. The number of benzene rings is 2. The average Bonchev–Trinajstić information content (AvgIpc) is 3.11. The van der Waals surface area contributed by atoms with Crippen molar-refractivity contribution in [3.63, 3.8) is 0 Å². The molecule has 0 aliphatic carbocycles. The van der Waals surface area contributed by atoms with Gasteiger partial charge in [-0.3, -0.25) is 9.89 Å². The summed E-state index contributed by atoms with van der Waals surface area (Å²) in [5.74, 6) is 1.67. The van der Waals surface area contributed by atoms with Gasteiger partial charge in [0.25, 0.3) is 5.91 Å². The van der Waals surface area contributed by atoms with E-state index in [1.54, 1.807) is 7.11 Å². The lowest BCUT2D eigenvalue weighted by atomic mass is 10.1. The summed E-state index contributed by atoms with van der Waals surface area (Å²) in [4.78, 5) is 14.9. The summed E-state index contributed by atoms with van der Waals surface area (Å²) in [5, 5.41) is 7.69. The molecule has 2 heterocycles. The number of thioether (sulfide) groups is 1. The Kier molecular flexibility index (Phi) is 5.67. The molecule has 1 saturated heterocycles. The van der Waals surface area contributed by atoms with Crippen molar-refractivity contribution >= 4 is 17.7 Å². The summed E-state index contributed by atoms with van der Waals surface area (Å²) in [6, 6.07) is 20.0. The maximum absolute atomic E-state index is 13.0. The molecular formula is C22H23N3O2S. The second-order valence-electron chi connectivity index (χ2n) is 6.72. The lowest BCUT2D eigenvalue weighted by molar-refractivity contribution is 0.0760. The number of ether oxygens (including phenoxy) is 1. The number of hydrogen-bond acceptors (Lipinski definition) is 4. The van der Waals surface area contributed by atoms with E-state index in [-0.39, 0.29) is 5.91 Å². The minimum absolute atomic E-state index is 0.00274. The van der Waals surface area contributed by atoms with E-state index in [0.717, 1.165) is 36.6 Å². The molecule has 5 nitrogen and oxygen atoms in total. The maximum Gasteiger partial charge on any atom is 0.271 e. The average molecular weight is 394 g/mol. The van der Waals surface area contributed by atoms with Crippen LogP contribution in [0, 0.1) is 0 Å². The molecule has 0 unspecified atom stereocenters. The van der Waals surface area contributed by atoms with Gasteiger partial charge in [0.2, 0.25) is 0 Å². The molecule has 1 aromatic heterocycles. The maximum atomic E-state index is 13.0. The highest BCUT2D eigenvalue weighted by atomic mass is 32.2. The van der Waals surface area contributed by atoms with Crippen molar-refractivity contribution in [2.75, 3.05) is 26.0 Å². The van der Waals surface area contributed by atoms with E-state index in [2.05, 4.69) is 34.5 Å². The predicted molar refractivity (Wildman–Crippen MR) is 113 cm³/mol. The van der Waals surface area contributed by atoms with Crippen molar-refractivity contribution in [1.82, 2.24) is 15.1 Å². The summed E-state index contributed by atoms with van der Waals surface area (Å²) >= 11 is 1.92. The Labute approximate surface area is 169 Å². The number of H-pyrrole nitrogens is 1. The van der Waals surface area contributed by atoms with Gasteiger partial charge >= 0.3 is 0 Å². The number of para-hydroxylation sites is 1. The molecule has 1 aliphatic rings. The quantitative estimate of drug-likeness (QED) is 0.713. The van der Waals surface area contributed by atoms with Gasteiger partial charge in [0.1, 0.15) is 11.4 Å². The fraction of sp³-hybridized carbons (Fsp3) is 0.273. The number of carbonyl (C=O) groups is 1. The molecule has 4 rings (SSSR count). The molecule has 1 atom stereocenters. The number of aromatic nitrogens is 2. The Bertz CT molecular complexity index is 942. The lowest BCUT2D eigenvalue weighted by Gasteiger charge is -2.19. The third kappa shape index (κ3) is 3.92. The molecule has 0 radical (unpaired) electrons. The summed E-state index contributed by atoms with van der Waals surface area (Å²) in [5.41, 5.74) is 3.44. The molecular weight excluding hydrogens is 370 g/mol. The van der Waals surface area contributed by atoms with Crippen LogP contribution in [0.3, 0.4) is 0 Å². The predicted octanol–water partition coefficient (Wildman–Crippen LogP) is 4.41. The molecule has 0 saturated carbocycles. The van der Waals surface area contributed by atoms with Crippen LogP contribution < -0.4 is 4.74 Å². The third-order valence-corrected chi connectivity index (χ3v) is 6.32. The van der Waals surface area contributed by atoms with E-state index >= 15 is 0 Å². The largest absolute Gasteiger partial charge is 0.496 e. The molecule has 6 heteroatoms. The van der Waals surface area contributed by atoms with Crippen LogP contribution in [0.15, 0.2) is 60.7 Å². The van der Waals surface area contributed by atoms with Gasteiger partial charge in [-0.25, -0.2) is 0 Å². The van der Waals surface area contributed by atoms with Crippen LogP contribution >= 0.6 is 11.8 Å². The highest BCUT2D eigenvalue weighted by molar-refractivity contribution is 7.99. The zero-order valence-electron chi connectivity index (χ0n) is 15.8. The molecule has 0 spiro atoms. The first-order chi connectivity index (χ1) is 13.8. The van der Waals surface area contributed by atoms with Crippen molar-refractivity contribution in [3.05, 3.63) is 71.9 Å². The number of aromatic amines is 1. The second kappa shape index (κ2) is 8.52. The normalized spacial score (nSPS) is 17.2. The van der Waals surface area contributed by atoms with Gasteiger partial charge in [-0.15, -0.1) is 0 Å². The Morgan fingerprint density at radius 3 is 2.75 bits per heavy atom. The molecule has 144 valence electrons. The Balaban J connectivity index is 1.47. The van der Waals surface area contributed by atoms with Gasteiger partial charge in [-0.1, -0.05) is 42.5 Å². The van der Waals surface area contributed by atoms with Crippen LogP contribution in [0.1, 0.15) is 27.7 Å². The monoisotopic (exact) mass is 393 g/mol. The van der Waals surface area contributed by atoms with Gasteiger partial charge in [0.05, 0.1) is 12.8 Å². The molecule has 28 heavy (non-hydrogen) atoms. The number of nitrogens with zero attached hydrogens (tertiary/aromatic N) is 2. The topological polar surface area (TPSA) is 58.2 Å². The van der Waals surface area contributed by atoms with Gasteiger partial charge in [-0.2, -0.15) is 16.9 Å². The van der Waals surface area contributed by atoms with E-state index in [1.807, 2.05) is 53.1 Å². The van der Waals surface area contributed by atoms with Gasteiger partial charge < -0.3 is 9.64 Å². The number of nitrogens with one attached hydrogen (secondary N) is 1. The van der Waals surface area contributed by atoms with Crippen molar-refractivity contribution in [2.24, 2.45) is 0 Å². The van der Waals surface area contributed by atoms with E-state index in [4.69, 9.17) is 4.74 Å². The minimum Gasteiger partial charge on any atom is -0.496 e. The van der Waals surface area contributed by atoms with Crippen molar-refractivity contribution in [1.29, 1.82) is 0 Å². The Hall–Kier alpha value is -2.73. The smallest absolute Gasteiger partial charge is 0.271 e. The first kappa shape index (κ1) is 18.6. The Morgan fingerprint density at radius 1 is 1.14 bits per heavy atom. The summed E-state index contributed by atoms with van der Waals surface area (Å²) in [7, 11) is 1.63. The van der Waals surface area contributed by atoms with Crippen molar-refractivity contribution < 1.29 is 9.53 Å².